The van der Waals surface area contributed by atoms with Gasteiger partial charge in [-0.3, -0.25) is 9.10 Å². The number of carbonyl (C=O) groups is 1. The van der Waals surface area contributed by atoms with Gasteiger partial charge >= 0.3 is 0 Å². The number of sulfonamides is 1. The van der Waals surface area contributed by atoms with Crippen LogP contribution >= 0.6 is 0 Å². The molecule has 0 aliphatic heterocycles. The number of fused-ring (bicyclic) bond motifs is 1. The van der Waals surface area contributed by atoms with E-state index in [0.717, 1.165) is 29.3 Å². The maximum Gasteiger partial charge on any atom is 0.232 e. The molecule has 1 saturated carbocycles. The molecule has 2 aromatic carbocycles. The van der Waals surface area contributed by atoms with E-state index in [9.17, 15) is 13.2 Å². The minimum Gasteiger partial charge on any atom is -0.361 e. The van der Waals surface area contributed by atoms with Crippen LogP contribution in [0, 0.1) is 0 Å². The van der Waals surface area contributed by atoms with Crippen molar-refractivity contribution < 1.29 is 13.2 Å². The lowest BCUT2D eigenvalue weighted by atomic mass is 10.1. The third kappa shape index (κ3) is 3.83. The smallest absolute Gasteiger partial charge is 0.232 e. The number of aromatic amines is 1. The molecule has 0 atom stereocenters. The molecule has 0 saturated heterocycles. The van der Waals surface area contributed by atoms with Gasteiger partial charge in [0.15, 0.2) is 0 Å². The van der Waals surface area contributed by atoms with Crippen LogP contribution < -0.4 is 9.62 Å². The van der Waals surface area contributed by atoms with Crippen molar-refractivity contribution in [2.75, 3.05) is 15.9 Å². The molecule has 1 aliphatic carbocycles. The van der Waals surface area contributed by atoms with Crippen LogP contribution in [0.25, 0.3) is 10.9 Å². The van der Waals surface area contributed by atoms with Crippen LogP contribution in [0.5, 0.6) is 0 Å². The number of para-hydroxylation sites is 1. The van der Waals surface area contributed by atoms with E-state index in [4.69, 9.17) is 0 Å². The van der Waals surface area contributed by atoms with E-state index >= 15 is 0 Å². The van der Waals surface area contributed by atoms with E-state index < -0.39 is 10.0 Å². The minimum atomic E-state index is -3.30. The molecule has 1 heterocycles. The van der Waals surface area contributed by atoms with Gasteiger partial charge in [0.05, 0.1) is 18.4 Å². The van der Waals surface area contributed by atoms with E-state index in [0.29, 0.717) is 11.4 Å². The van der Waals surface area contributed by atoms with Crippen molar-refractivity contribution in [3.05, 3.63) is 60.3 Å². The molecule has 140 valence electrons. The van der Waals surface area contributed by atoms with Crippen molar-refractivity contribution >= 4 is 38.2 Å². The molecule has 1 amide bonds. The van der Waals surface area contributed by atoms with Crippen molar-refractivity contribution in [1.29, 1.82) is 0 Å². The number of hydrogen-bond acceptors (Lipinski definition) is 3. The Morgan fingerprint density at radius 2 is 1.85 bits per heavy atom. The van der Waals surface area contributed by atoms with Gasteiger partial charge in [0.2, 0.25) is 15.9 Å². The predicted molar refractivity (Wildman–Crippen MR) is 107 cm³/mol. The Labute approximate surface area is 158 Å². The van der Waals surface area contributed by atoms with Gasteiger partial charge in [-0.2, -0.15) is 0 Å². The molecule has 27 heavy (non-hydrogen) atoms. The van der Waals surface area contributed by atoms with Crippen LogP contribution in [0.2, 0.25) is 0 Å². The van der Waals surface area contributed by atoms with Crippen molar-refractivity contribution in [3.8, 4) is 0 Å². The lowest BCUT2D eigenvalue weighted by Crippen LogP contribution is -2.31. The zero-order valence-corrected chi connectivity index (χ0v) is 15.8. The summed E-state index contributed by atoms with van der Waals surface area (Å²) in [5.41, 5.74) is 3.23. The molecule has 2 N–H and O–H groups in total. The van der Waals surface area contributed by atoms with Crippen LogP contribution in [0.15, 0.2) is 54.7 Å². The number of carbonyl (C=O) groups excluding carboxylic acids is 1. The first-order valence-electron chi connectivity index (χ1n) is 8.86. The average molecular weight is 383 g/mol. The summed E-state index contributed by atoms with van der Waals surface area (Å²) in [6.07, 6.45) is 5.12. The number of amides is 1. The number of benzene rings is 2. The zero-order chi connectivity index (χ0) is 19.0. The summed E-state index contributed by atoms with van der Waals surface area (Å²) in [6, 6.07) is 14.9. The van der Waals surface area contributed by atoms with Crippen molar-refractivity contribution in [3.63, 3.8) is 0 Å². The van der Waals surface area contributed by atoms with Gasteiger partial charge in [-0.25, -0.2) is 8.42 Å². The van der Waals surface area contributed by atoms with Gasteiger partial charge in [-0.15, -0.1) is 0 Å². The Morgan fingerprint density at radius 1 is 1.15 bits per heavy atom. The van der Waals surface area contributed by atoms with Crippen LogP contribution in [-0.2, 0) is 21.2 Å². The molecule has 1 aromatic heterocycles. The second-order valence-corrected chi connectivity index (χ2v) is 8.78. The van der Waals surface area contributed by atoms with Crippen LogP contribution in [0.1, 0.15) is 18.4 Å². The van der Waals surface area contributed by atoms with Crippen LogP contribution in [0.4, 0.5) is 11.4 Å². The molecular weight excluding hydrogens is 362 g/mol. The molecule has 3 aromatic rings. The van der Waals surface area contributed by atoms with E-state index in [1.54, 1.807) is 24.3 Å². The van der Waals surface area contributed by atoms with E-state index in [1.807, 2.05) is 30.5 Å². The molecule has 7 heteroatoms. The molecule has 0 radical (unpaired) electrons. The van der Waals surface area contributed by atoms with Gasteiger partial charge in [-0.05, 0) is 48.7 Å². The number of hydrogen-bond donors (Lipinski definition) is 2. The molecule has 6 nitrogen and oxygen atoms in total. The lowest BCUT2D eigenvalue weighted by Gasteiger charge is -2.22. The van der Waals surface area contributed by atoms with Crippen molar-refractivity contribution in [1.82, 2.24) is 4.98 Å². The quantitative estimate of drug-likeness (QED) is 0.685. The third-order valence-corrected chi connectivity index (χ3v) is 5.89. The van der Waals surface area contributed by atoms with Crippen LogP contribution in [0.3, 0.4) is 0 Å². The van der Waals surface area contributed by atoms with Gasteiger partial charge in [0.25, 0.3) is 0 Å². The summed E-state index contributed by atoms with van der Waals surface area (Å²) in [5, 5.41) is 3.91. The topological polar surface area (TPSA) is 82.3 Å². The number of rotatable bonds is 6. The fourth-order valence-electron chi connectivity index (χ4n) is 3.33. The number of H-pyrrole nitrogens is 1. The maximum atomic E-state index is 12.4. The van der Waals surface area contributed by atoms with Crippen LogP contribution in [-0.4, -0.2) is 31.6 Å². The normalized spacial score (nSPS) is 14.3. The van der Waals surface area contributed by atoms with E-state index in [-0.39, 0.29) is 18.4 Å². The fourth-order valence-corrected chi connectivity index (χ4v) is 4.59. The van der Waals surface area contributed by atoms with Gasteiger partial charge in [0, 0.05) is 28.8 Å². The Bertz CT molecular complexity index is 1080. The number of nitrogens with one attached hydrogen (secondary N) is 2. The lowest BCUT2D eigenvalue weighted by molar-refractivity contribution is -0.115. The summed E-state index contributed by atoms with van der Waals surface area (Å²) in [6.45, 7) is 0. The Balaban J connectivity index is 1.46. The third-order valence-electron chi connectivity index (χ3n) is 4.67. The van der Waals surface area contributed by atoms with Gasteiger partial charge in [-0.1, -0.05) is 18.2 Å². The average Bonchev–Trinajstić information content (AvgIpc) is 3.36. The standard InChI is InChI=1S/C20H21N3O3S/c1-27(25,26)23(17-10-11-17)16-8-6-15(7-9-16)22-20(24)12-14-13-21-19-5-3-2-4-18(14)19/h2-9,13,17,21H,10-12H2,1H3,(H,22,24). The highest BCUT2D eigenvalue weighted by atomic mass is 32.2. The second kappa shape index (κ2) is 6.74. The molecule has 0 unspecified atom stereocenters. The Hall–Kier alpha value is -2.80. The summed E-state index contributed by atoms with van der Waals surface area (Å²) in [4.78, 5) is 15.6. The monoisotopic (exact) mass is 383 g/mol. The molecule has 1 aliphatic rings. The molecule has 4 rings (SSSR count). The molecule has 0 bridgehead atoms. The van der Waals surface area contributed by atoms with E-state index in [1.165, 1.54) is 10.6 Å². The molecule has 0 spiro atoms. The minimum absolute atomic E-state index is 0.0577. The maximum absolute atomic E-state index is 12.4. The Morgan fingerprint density at radius 3 is 2.52 bits per heavy atom. The summed E-state index contributed by atoms with van der Waals surface area (Å²) >= 11 is 0. The largest absolute Gasteiger partial charge is 0.361 e. The highest BCUT2D eigenvalue weighted by Crippen LogP contribution is 2.34. The molecule has 1 fully saturated rings. The first kappa shape index (κ1) is 17.6. The summed E-state index contributed by atoms with van der Waals surface area (Å²) in [7, 11) is -3.30. The highest BCUT2D eigenvalue weighted by Gasteiger charge is 2.35. The van der Waals surface area contributed by atoms with Crippen molar-refractivity contribution in [2.24, 2.45) is 0 Å². The van der Waals surface area contributed by atoms with E-state index in [2.05, 4.69) is 10.3 Å². The Kier molecular flexibility index (Phi) is 4.39. The summed E-state index contributed by atoms with van der Waals surface area (Å²) in [5.74, 6) is -0.116. The second-order valence-electron chi connectivity index (χ2n) is 6.92. The first-order chi connectivity index (χ1) is 12.9. The zero-order valence-electron chi connectivity index (χ0n) is 15.0. The number of aromatic nitrogens is 1. The fraction of sp³-hybridized carbons (Fsp3) is 0.250. The van der Waals surface area contributed by atoms with Gasteiger partial charge in [0.1, 0.15) is 0 Å². The number of anilines is 2. The van der Waals surface area contributed by atoms with Crippen molar-refractivity contribution in [2.45, 2.75) is 25.3 Å². The highest BCUT2D eigenvalue weighted by molar-refractivity contribution is 7.92. The van der Waals surface area contributed by atoms with Gasteiger partial charge < -0.3 is 10.3 Å². The summed E-state index contributed by atoms with van der Waals surface area (Å²) < 4.78 is 25.5. The number of nitrogens with zero attached hydrogens (tertiary/aromatic N) is 1. The molecular formula is C20H21N3O3S. The predicted octanol–water partition coefficient (Wildman–Crippen LogP) is 3.28. The SMILES string of the molecule is CS(=O)(=O)N(c1ccc(NC(=O)Cc2c[nH]c3ccccc23)cc1)C1CC1. The first-order valence-corrected chi connectivity index (χ1v) is 10.7.